The largest absolute Gasteiger partial charge is 0.393 e. The molecule has 4 rings (SSSR count). The molecule has 4 aliphatic rings. The Labute approximate surface area is 133 Å². The van der Waals surface area contributed by atoms with Crippen molar-refractivity contribution >= 4 is 0 Å². The van der Waals surface area contributed by atoms with Crippen molar-refractivity contribution < 1.29 is 15.3 Å². The van der Waals surface area contributed by atoms with Crippen molar-refractivity contribution in [3.05, 3.63) is 11.6 Å². The molecule has 0 amide bonds. The topological polar surface area (TPSA) is 60.7 Å². The van der Waals surface area contributed by atoms with E-state index in [9.17, 15) is 15.3 Å². The van der Waals surface area contributed by atoms with Gasteiger partial charge in [-0.1, -0.05) is 25.5 Å². The first-order chi connectivity index (χ1) is 10.3. The molecular formula is C19H30O3. The van der Waals surface area contributed by atoms with Gasteiger partial charge in [0.2, 0.25) is 0 Å². The van der Waals surface area contributed by atoms with Gasteiger partial charge in [0.1, 0.15) is 0 Å². The third-order valence-corrected chi connectivity index (χ3v) is 7.85. The third-order valence-electron chi connectivity index (χ3n) is 7.85. The zero-order valence-electron chi connectivity index (χ0n) is 13.8. The molecule has 3 heteroatoms. The summed E-state index contributed by atoms with van der Waals surface area (Å²) in [5, 5.41) is 31.1. The smallest absolute Gasteiger partial charge is 0.0757 e. The minimum atomic E-state index is -0.395. The molecule has 4 aliphatic carbocycles. The Bertz CT molecular complexity index is 501. The highest BCUT2D eigenvalue weighted by Crippen LogP contribution is 2.64. The molecule has 0 aromatic carbocycles. The van der Waals surface area contributed by atoms with E-state index in [0.717, 1.165) is 38.5 Å². The highest BCUT2D eigenvalue weighted by atomic mass is 16.3. The standard InChI is InChI=1S/C19H30O3/c1-18-5-4-14-17(15(18)9-13(21)10-18)16(22)8-11-7-12(20)3-6-19(11,14)2/h8,12-17,20-22H,3-7,9-10H2,1-2H3/t12-,13+,14?,15?,16+,17?,18+,19-/m0/s1. The van der Waals surface area contributed by atoms with Crippen LogP contribution in [-0.4, -0.2) is 33.6 Å². The summed E-state index contributed by atoms with van der Waals surface area (Å²) in [5.41, 5.74) is 1.65. The van der Waals surface area contributed by atoms with Crippen molar-refractivity contribution in [2.45, 2.75) is 77.1 Å². The van der Waals surface area contributed by atoms with Crippen LogP contribution < -0.4 is 0 Å². The van der Waals surface area contributed by atoms with Crippen LogP contribution in [0, 0.1) is 28.6 Å². The van der Waals surface area contributed by atoms with Crippen molar-refractivity contribution in [1.82, 2.24) is 0 Å². The Balaban J connectivity index is 1.73. The molecule has 3 nitrogen and oxygen atoms in total. The van der Waals surface area contributed by atoms with Gasteiger partial charge in [0, 0.05) is 0 Å². The molecule has 0 spiro atoms. The lowest BCUT2D eigenvalue weighted by atomic mass is 9.47. The molecule has 0 aliphatic heterocycles. The minimum Gasteiger partial charge on any atom is -0.393 e. The van der Waals surface area contributed by atoms with E-state index in [2.05, 4.69) is 19.9 Å². The highest BCUT2D eigenvalue weighted by molar-refractivity contribution is 5.27. The van der Waals surface area contributed by atoms with Gasteiger partial charge < -0.3 is 15.3 Å². The third kappa shape index (κ3) is 1.98. The highest BCUT2D eigenvalue weighted by Gasteiger charge is 2.59. The van der Waals surface area contributed by atoms with Gasteiger partial charge in [-0.2, -0.15) is 0 Å². The van der Waals surface area contributed by atoms with Crippen LogP contribution in [-0.2, 0) is 0 Å². The maximum Gasteiger partial charge on any atom is 0.0757 e. The average Bonchev–Trinajstić information content (AvgIpc) is 2.75. The summed E-state index contributed by atoms with van der Waals surface area (Å²) in [7, 11) is 0. The van der Waals surface area contributed by atoms with E-state index < -0.39 is 6.10 Å². The van der Waals surface area contributed by atoms with Gasteiger partial charge in [0.15, 0.2) is 0 Å². The fourth-order valence-electron chi connectivity index (χ4n) is 6.65. The molecule has 3 unspecified atom stereocenters. The monoisotopic (exact) mass is 306 g/mol. The normalized spacial score (nSPS) is 57.6. The summed E-state index contributed by atoms with van der Waals surface area (Å²) in [6.07, 6.45) is 8.01. The first-order valence-electron chi connectivity index (χ1n) is 9.09. The van der Waals surface area contributed by atoms with E-state index in [4.69, 9.17) is 0 Å². The van der Waals surface area contributed by atoms with Gasteiger partial charge in [0.25, 0.3) is 0 Å². The van der Waals surface area contributed by atoms with Crippen molar-refractivity contribution in [2.75, 3.05) is 0 Å². The van der Waals surface area contributed by atoms with Crippen LogP contribution in [0.4, 0.5) is 0 Å². The lowest BCUT2D eigenvalue weighted by Crippen LogP contribution is -2.53. The Morgan fingerprint density at radius 1 is 1.00 bits per heavy atom. The molecule has 0 aromatic rings. The number of hydrogen-bond donors (Lipinski definition) is 3. The molecule has 3 fully saturated rings. The molecule has 0 heterocycles. The molecule has 3 N–H and O–H groups in total. The maximum absolute atomic E-state index is 10.9. The lowest BCUT2D eigenvalue weighted by molar-refractivity contribution is -0.0825. The van der Waals surface area contributed by atoms with Gasteiger partial charge in [-0.25, -0.2) is 0 Å². The molecule has 3 saturated carbocycles. The van der Waals surface area contributed by atoms with Crippen molar-refractivity contribution in [3.63, 3.8) is 0 Å². The predicted molar refractivity (Wildman–Crippen MR) is 85.1 cm³/mol. The van der Waals surface area contributed by atoms with Crippen LogP contribution in [0.1, 0.15) is 58.8 Å². The summed E-state index contributed by atoms with van der Waals surface area (Å²) in [5.74, 6) is 1.25. The van der Waals surface area contributed by atoms with Crippen LogP contribution in [0.2, 0.25) is 0 Å². The summed E-state index contributed by atoms with van der Waals surface area (Å²) in [6.45, 7) is 4.69. The SMILES string of the molecule is C[C@]12CCC3C(C1C[C@@H](O)C2)[C@H](O)C=C1C[C@@H](O)CC[C@@]13C. The van der Waals surface area contributed by atoms with Crippen LogP contribution in [0.15, 0.2) is 11.6 Å². The predicted octanol–water partition coefficient (Wildman–Crippen LogP) is 2.64. The molecule has 22 heavy (non-hydrogen) atoms. The lowest BCUT2D eigenvalue weighted by Gasteiger charge is -2.58. The maximum atomic E-state index is 10.9. The number of aliphatic hydroxyl groups excluding tert-OH is 3. The van der Waals surface area contributed by atoms with Gasteiger partial charge in [-0.3, -0.25) is 0 Å². The Morgan fingerprint density at radius 2 is 1.77 bits per heavy atom. The second-order valence-corrected chi connectivity index (χ2v) is 9.07. The molecule has 0 radical (unpaired) electrons. The van der Waals surface area contributed by atoms with Crippen molar-refractivity contribution in [2.24, 2.45) is 28.6 Å². The van der Waals surface area contributed by atoms with Crippen LogP contribution in [0.25, 0.3) is 0 Å². The molecular weight excluding hydrogens is 276 g/mol. The molecule has 8 atom stereocenters. The number of aliphatic hydroxyl groups is 3. The van der Waals surface area contributed by atoms with Crippen LogP contribution >= 0.6 is 0 Å². The quantitative estimate of drug-likeness (QED) is 0.603. The summed E-state index contributed by atoms with van der Waals surface area (Å²) < 4.78 is 0. The average molecular weight is 306 g/mol. The van der Waals surface area contributed by atoms with Crippen molar-refractivity contribution in [3.8, 4) is 0 Å². The number of fused-ring (bicyclic) bond motifs is 5. The Kier molecular flexibility index (Phi) is 3.32. The number of rotatable bonds is 0. The minimum absolute atomic E-state index is 0.151. The zero-order chi connectivity index (χ0) is 15.7. The fourth-order valence-corrected chi connectivity index (χ4v) is 6.65. The van der Waals surface area contributed by atoms with Crippen LogP contribution in [0.5, 0.6) is 0 Å². The molecule has 124 valence electrons. The fraction of sp³-hybridized carbons (Fsp3) is 0.895. The molecule has 0 saturated heterocycles. The molecule has 0 bridgehead atoms. The second kappa shape index (κ2) is 4.81. The van der Waals surface area contributed by atoms with Crippen molar-refractivity contribution in [1.29, 1.82) is 0 Å². The van der Waals surface area contributed by atoms with E-state index in [1.54, 1.807) is 0 Å². The second-order valence-electron chi connectivity index (χ2n) is 9.07. The summed E-state index contributed by atoms with van der Waals surface area (Å²) in [6, 6.07) is 0. The first-order valence-corrected chi connectivity index (χ1v) is 9.09. The Hall–Kier alpha value is -0.380. The van der Waals surface area contributed by atoms with E-state index in [1.165, 1.54) is 12.0 Å². The first kappa shape index (κ1) is 15.2. The summed E-state index contributed by atoms with van der Waals surface area (Å²) >= 11 is 0. The zero-order valence-corrected chi connectivity index (χ0v) is 13.8. The van der Waals surface area contributed by atoms with Gasteiger partial charge in [-0.15, -0.1) is 0 Å². The van der Waals surface area contributed by atoms with Crippen LogP contribution in [0.3, 0.4) is 0 Å². The van der Waals surface area contributed by atoms with Gasteiger partial charge in [0.05, 0.1) is 18.3 Å². The van der Waals surface area contributed by atoms with E-state index >= 15 is 0 Å². The van der Waals surface area contributed by atoms with E-state index in [1.807, 2.05) is 0 Å². The number of hydrogen-bond acceptors (Lipinski definition) is 3. The van der Waals surface area contributed by atoms with E-state index in [-0.39, 0.29) is 23.0 Å². The van der Waals surface area contributed by atoms with E-state index in [0.29, 0.717) is 17.8 Å². The Morgan fingerprint density at radius 3 is 2.55 bits per heavy atom. The van der Waals surface area contributed by atoms with Gasteiger partial charge >= 0.3 is 0 Å². The van der Waals surface area contributed by atoms with Gasteiger partial charge in [-0.05, 0) is 73.5 Å². The summed E-state index contributed by atoms with van der Waals surface area (Å²) in [4.78, 5) is 0. The molecule has 0 aromatic heterocycles.